The van der Waals surface area contributed by atoms with E-state index < -0.39 is 11.4 Å². The highest BCUT2D eigenvalue weighted by molar-refractivity contribution is 8.00. The van der Waals surface area contributed by atoms with E-state index in [1.165, 1.54) is 0 Å². The quantitative estimate of drug-likeness (QED) is 0.851. The molecule has 0 aromatic carbocycles. The van der Waals surface area contributed by atoms with E-state index in [4.69, 9.17) is 0 Å². The molecule has 5 nitrogen and oxygen atoms in total. The summed E-state index contributed by atoms with van der Waals surface area (Å²) in [6.07, 6.45) is 1.77. The molecular weight excluding hydrogens is 288 g/mol. The molecule has 0 aliphatic carbocycles. The van der Waals surface area contributed by atoms with Crippen LogP contribution in [0.2, 0.25) is 0 Å². The molecule has 2 fully saturated rings. The molecule has 21 heavy (non-hydrogen) atoms. The maximum Gasteiger partial charge on any atom is 0.320 e. The lowest BCUT2D eigenvalue weighted by Crippen LogP contribution is -2.54. The summed E-state index contributed by atoms with van der Waals surface area (Å²) in [6, 6.07) is 0.0871. The van der Waals surface area contributed by atoms with Gasteiger partial charge in [-0.15, -0.1) is 0 Å². The van der Waals surface area contributed by atoms with Crippen LogP contribution < -0.4 is 0 Å². The number of nitrogens with zero attached hydrogens (tertiary/aromatic N) is 2. The predicted octanol–water partition coefficient (Wildman–Crippen LogP) is 2.51. The molecule has 2 amide bonds. The van der Waals surface area contributed by atoms with Crippen molar-refractivity contribution in [3.63, 3.8) is 0 Å². The van der Waals surface area contributed by atoms with Gasteiger partial charge in [0.05, 0.1) is 5.41 Å². The number of hydrogen-bond donors (Lipinski definition) is 1. The van der Waals surface area contributed by atoms with Gasteiger partial charge in [-0.1, -0.05) is 20.8 Å². The molecule has 120 valence electrons. The first-order valence-corrected chi connectivity index (χ1v) is 8.75. The van der Waals surface area contributed by atoms with E-state index in [1.54, 1.807) is 0 Å². The van der Waals surface area contributed by atoms with Gasteiger partial charge in [-0.2, -0.15) is 11.8 Å². The van der Waals surface area contributed by atoms with E-state index in [-0.39, 0.29) is 6.03 Å². The molecule has 2 rings (SSSR count). The monoisotopic (exact) mass is 314 g/mol. The van der Waals surface area contributed by atoms with Crippen molar-refractivity contribution in [1.29, 1.82) is 0 Å². The minimum atomic E-state index is -0.714. The second-order valence-corrected chi connectivity index (χ2v) is 8.25. The van der Waals surface area contributed by atoms with E-state index in [2.05, 4.69) is 13.8 Å². The molecule has 0 aromatic rings. The molecule has 2 heterocycles. The van der Waals surface area contributed by atoms with Crippen molar-refractivity contribution < 1.29 is 14.7 Å². The van der Waals surface area contributed by atoms with Gasteiger partial charge in [0, 0.05) is 36.7 Å². The molecule has 0 spiro atoms. The molecule has 2 atom stereocenters. The molecular formula is C15H26N2O3S. The number of carbonyl (C=O) groups excluding carboxylic acids is 1. The first kappa shape index (κ1) is 16.5. The Morgan fingerprint density at radius 1 is 1.14 bits per heavy atom. The highest BCUT2D eigenvalue weighted by atomic mass is 32.2. The third-order valence-electron chi connectivity index (χ3n) is 4.81. The Hall–Kier alpha value is -0.910. The number of likely N-dealkylation sites (tertiary alicyclic amines) is 1. The van der Waals surface area contributed by atoms with Gasteiger partial charge >= 0.3 is 12.0 Å². The van der Waals surface area contributed by atoms with Crippen LogP contribution in [0.15, 0.2) is 0 Å². The highest BCUT2D eigenvalue weighted by Crippen LogP contribution is 2.35. The first-order chi connectivity index (χ1) is 9.88. The predicted molar refractivity (Wildman–Crippen MR) is 84.7 cm³/mol. The Kier molecular flexibility index (Phi) is 5.07. The van der Waals surface area contributed by atoms with Crippen LogP contribution in [0.4, 0.5) is 4.79 Å². The lowest BCUT2D eigenvalue weighted by atomic mass is 9.76. The maximum absolute atomic E-state index is 12.6. The fraction of sp³-hybridized carbons (Fsp3) is 0.867. The van der Waals surface area contributed by atoms with Gasteiger partial charge < -0.3 is 14.9 Å². The summed E-state index contributed by atoms with van der Waals surface area (Å²) in [5.74, 6) is -0.714. The molecule has 1 N–H and O–H groups in total. The van der Waals surface area contributed by atoms with Crippen LogP contribution >= 0.6 is 11.8 Å². The van der Waals surface area contributed by atoms with E-state index in [1.807, 2.05) is 28.5 Å². The zero-order valence-electron chi connectivity index (χ0n) is 13.2. The smallest absolute Gasteiger partial charge is 0.320 e. The minimum Gasteiger partial charge on any atom is -0.481 e. The van der Waals surface area contributed by atoms with E-state index >= 15 is 0 Å². The van der Waals surface area contributed by atoms with Crippen molar-refractivity contribution in [2.45, 2.75) is 50.5 Å². The number of carboxylic acid groups (broad SMARTS) is 1. The van der Waals surface area contributed by atoms with Gasteiger partial charge in [0.2, 0.25) is 0 Å². The van der Waals surface area contributed by atoms with Gasteiger partial charge in [-0.25, -0.2) is 4.79 Å². The normalized spacial score (nSPS) is 29.3. The Morgan fingerprint density at radius 2 is 1.67 bits per heavy atom. The number of rotatable bonds is 2. The average molecular weight is 314 g/mol. The number of amides is 2. The van der Waals surface area contributed by atoms with Crippen molar-refractivity contribution in [2.75, 3.05) is 26.2 Å². The molecule has 0 aromatic heterocycles. The fourth-order valence-electron chi connectivity index (χ4n) is 3.38. The summed E-state index contributed by atoms with van der Waals surface area (Å²) >= 11 is 1.93. The molecule has 2 aliphatic rings. The van der Waals surface area contributed by atoms with Crippen molar-refractivity contribution in [3.05, 3.63) is 0 Å². The molecule has 2 aliphatic heterocycles. The number of aliphatic carboxylic acids is 1. The number of hydrogen-bond acceptors (Lipinski definition) is 3. The van der Waals surface area contributed by atoms with Crippen LogP contribution in [0.25, 0.3) is 0 Å². The van der Waals surface area contributed by atoms with Gasteiger partial charge in [0.25, 0.3) is 0 Å². The summed E-state index contributed by atoms with van der Waals surface area (Å²) in [5.41, 5.74) is -0.630. The van der Waals surface area contributed by atoms with Crippen LogP contribution in [-0.2, 0) is 4.79 Å². The number of piperidine rings is 1. The second-order valence-electron chi connectivity index (χ2n) is 6.37. The SMILES string of the molecule is CCC1(C(=O)O)CCN(C(=O)N2CC(C)SC(C)C2)CC1. The Balaban J connectivity index is 1.95. The fourth-order valence-corrected chi connectivity index (χ4v) is 4.70. The van der Waals surface area contributed by atoms with Crippen LogP contribution in [-0.4, -0.2) is 63.6 Å². The minimum absolute atomic E-state index is 0.0871. The van der Waals surface area contributed by atoms with E-state index in [9.17, 15) is 14.7 Å². The second kappa shape index (κ2) is 6.46. The lowest BCUT2D eigenvalue weighted by molar-refractivity contribution is -0.152. The number of carbonyl (C=O) groups is 2. The van der Waals surface area contributed by atoms with Gasteiger partial charge in [0.1, 0.15) is 0 Å². The van der Waals surface area contributed by atoms with Gasteiger partial charge in [-0.3, -0.25) is 4.79 Å². The molecule has 2 saturated heterocycles. The Labute approximate surface area is 131 Å². The Bertz CT molecular complexity index is 398. The topological polar surface area (TPSA) is 60.9 Å². The van der Waals surface area contributed by atoms with Crippen molar-refractivity contribution in [1.82, 2.24) is 9.80 Å². The van der Waals surface area contributed by atoms with E-state index in [0.29, 0.717) is 42.9 Å². The standard InChI is InChI=1S/C15H26N2O3S/c1-4-15(13(18)19)5-7-16(8-6-15)14(20)17-9-11(2)21-12(3)10-17/h11-12H,4-10H2,1-3H3,(H,18,19). The average Bonchev–Trinajstić information content (AvgIpc) is 2.45. The molecule has 0 saturated carbocycles. The molecule has 2 unspecified atom stereocenters. The third kappa shape index (κ3) is 3.47. The number of urea groups is 1. The number of thioether (sulfide) groups is 1. The van der Waals surface area contributed by atoms with Crippen molar-refractivity contribution in [3.8, 4) is 0 Å². The summed E-state index contributed by atoms with van der Waals surface area (Å²) in [6.45, 7) is 8.95. The lowest BCUT2D eigenvalue weighted by Gasteiger charge is -2.42. The van der Waals surface area contributed by atoms with Crippen molar-refractivity contribution >= 4 is 23.8 Å². The van der Waals surface area contributed by atoms with Gasteiger partial charge in [-0.05, 0) is 19.3 Å². The van der Waals surface area contributed by atoms with Gasteiger partial charge in [0.15, 0.2) is 0 Å². The zero-order chi connectivity index (χ0) is 15.6. The highest BCUT2D eigenvalue weighted by Gasteiger charge is 2.41. The molecule has 6 heteroatoms. The summed E-state index contributed by atoms with van der Waals surface area (Å²) in [7, 11) is 0. The largest absolute Gasteiger partial charge is 0.481 e. The van der Waals surface area contributed by atoms with Crippen LogP contribution in [0.1, 0.15) is 40.0 Å². The zero-order valence-corrected chi connectivity index (χ0v) is 14.0. The summed E-state index contributed by atoms with van der Waals surface area (Å²) in [4.78, 5) is 27.8. The molecule has 0 bridgehead atoms. The van der Waals surface area contributed by atoms with Crippen LogP contribution in [0.5, 0.6) is 0 Å². The maximum atomic E-state index is 12.6. The summed E-state index contributed by atoms with van der Waals surface area (Å²) in [5, 5.41) is 10.4. The van der Waals surface area contributed by atoms with Crippen LogP contribution in [0, 0.1) is 5.41 Å². The third-order valence-corrected chi connectivity index (χ3v) is 6.04. The van der Waals surface area contributed by atoms with Crippen LogP contribution in [0.3, 0.4) is 0 Å². The molecule has 0 radical (unpaired) electrons. The number of carboxylic acids is 1. The Morgan fingerprint density at radius 3 is 2.10 bits per heavy atom. The summed E-state index contributed by atoms with van der Waals surface area (Å²) < 4.78 is 0. The van der Waals surface area contributed by atoms with E-state index in [0.717, 1.165) is 13.1 Å². The van der Waals surface area contributed by atoms with Crippen molar-refractivity contribution in [2.24, 2.45) is 5.41 Å². The first-order valence-electron chi connectivity index (χ1n) is 7.80.